The number of piperazine rings is 1. The van der Waals surface area contributed by atoms with Gasteiger partial charge in [-0.1, -0.05) is 0 Å². The van der Waals surface area contributed by atoms with E-state index in [2.05, 4.69) is 14.8 Å². The van der Waals surface area contributed by atoms with Gasteiger partial charge in [-0.15, -0.1) is 0 Å². The summed E-state index contributed by atoms with van der Waals surface area (Å²) < 4.78 is 11.0. The first-order valence-electron chi connectivity index (χ1n) is 9.49. The van der Waals surface area contributed by atoms with Crippen molar-refractivity contribution in [2.75, 3.05) is 39.3 Å². The normalized spacial score (nSPS) is 19.8. The largest absolute Gasteiger partial charge is 0.468 e. The molecule has 0 aromatic carbocycles. The van der Waals surface area contributed by atoms with E-state index in [1.165, 1.54) is 12.7 Å². The van der Waals surface area contributed by atoms with E-state index in [4.69, 9.17) is 8.83 Å². The van der Waals surface area contributed by atoms with Crippen molar-refractivity contribution in [1.29, 1.82) is 0 Å². The molecule has 7 heteroatoms. The Labute approximate surface area is 153 Å². The van der Waals surface area contributed by atoms with Crippen LogP contribution in [-0.2, 0) is 13.1 Å². The van der Waals surface area contributed by atoms with Gasteiger partial charge in [-0.3, -0.25) is 14.6 Å². The smallest absolute Gasteiger partial charge is 0.275 e. The van der Waals surface area contributed by atoms with Gasteiger partial charge in [-0.05, 0) is 31.4 Å². The molecule has 2 aliphatic rings. The lowest BCUT2D eigenvalue weighted by Crippen LogP contribution is -2.45. The van der Waals surface area contributed by atoms with Crippen LogP contribution < -0.4 is 0 Å². The molecule has 0 spiro atoms. The fraction of sp³-hybridized carbons (Fsp3) is 0.579. The second kappa shape index (κ2) is 8.05. The minimum atomic E-state index is 0.00275. The van der Waals surface area contributed by atoms with Crippen LogP contribution >= 0.6 is 0 Å². The Balaban J connectivity index is 1.26. The standard InChI is InChI=1S/C19H26N4O3/c24-19(23-6-2-1-3-7-23)17-15-26-18(20-17)14-22-10-8-21(9-11-22)13-16-5-4-12-25-16/h4-5,12,15H,1-3,6-11,13-14H2. The van der Waals surface area contributed by atoms with Gasteiger partial charge in [-0.25, -0.2) is 4.98 Å². The molecule has 0 saturated carbocycles. The first-order valence-corrected chi connectivity index (χ1v) is 9.49. The van der Waals surface area contributed by atoms with E-state index in [0.717, 1.165) is 64.4 Å². The highest BCUT2D eigenvalue weighted by Gasteiger charge is 2.23. The third-order valence-corrected chi connectivity index (χ3v) is 5.20. The summed E-state index contributed by atoms with van der Waals surface area (Å²) >= 11 is 0. The van der Waals surface area contributed by atoms with Gasteiger partial charge in [0.2, 0.25) is 5.89 Å². The first-order chi connectivity index (χ1) is 12.8. The number of rotatable bonds is 5. The molecule has 0 radical (unpaired) electrons. The van der Waals surface area contributed by atoms with Crippen molar-refractivity contribution >= 4 is 5.91 Å². The van der Waals surface area contributed by atoms with E-state index >= 15 is 0 Å². The van der Waals surface area contributed by atoms with Crippen LogP contribution in [0.1, 0.15) is 41.4 Å². The van der Waals surface area contributed by atoms with Crippen molar-refractivity contribution in [3.05, 3.63) is 42.0 Å². The SMILES string of the molecule is O=C(c1coc(CN2CCN(Cc3ccco3)CC2)n1)N1CCCCC1. The van der Waals surface area contributed by atoms with Crippen molar-refractivity contribution < 1.29 is 13.6 Å². The van der Waals surface area contributed by atoms with E-state index in [9.17, 15) is 4.79 Å². The average molecular weight is 358 g/mol. The maximum atomic E-state index is 12.5. The Morgan fingerprint density at radius 2 is 1.69 bits per heavy atom. The van der Waals surface area contributed by atoms with Gasteiger partial charge in [0.1, 0.15) is 12.0 Å². The monoisotopic (exact) mass is 358 g/mol. The average Bonchev–Trinajstić information content (AvgIpc) is 3.36. The molecule has 0 aliphatic carbocycles. The fourth-order valence-electron chi connectivity index (χ4n) is 3.66. The molecule has 0 N–H and O–H groups in total. The van der Waals surface area contributed by atoms with Gasteiger partial charge < -0.3 is 13.7 Å². The third kappa shape index (κ3) is 4.16. The van der Waals surface area contributed by atoms with Crippen molar-refractivity contribution in [3.63, 3.8) is 0 Å². The summed E-state index contributed by atoms with van der Waals surface area (Å²) in [7, 11) is 0. The number of piperidine rings is 1. The molecule has 0 unspecified atom stereocenters. The summed E-state index contributed by atoms with van der Waals surface area (Å²) in [5.41, 5.74) is 0.443. The maximum Gasteiger partial charge on any atom is 0.275 e. The molecule has 1 amide bonds. The second-order valence-electron chi connectivity index (χ2n) is 7.11. The van der Waals surface area contributed by atoms with E-state index < -0.39 is 0 Å². The summed E-state index contributed by atoms with van der Waals surface area (Å²) in [6.45, 7) is 7.06. The highest BCUT2D eigenvalue weighted by Crippen LogP contribution is 2.15. The van der Waals surface area contributed by atoms with Gasteiger partial charge >= 0.3 is 0 Å². The van der Waals surface area contributed by atoms with Crippen molar-refractivity contribution in [2.24, 2.45) is 0 Å². The lowest BCUT2D eigenvalue weighted by atomic mass is 10.1. The minimum absolute atomic E-state index is 0.00275. The maximum absolute atomic E-state index is 12.5. The fourth-order valence-corrected chi connectivity index (χ4v) is 3.66. The number of amides is 1. The number of oxazole rings is 1. The van der Waals surface area contributed by atoms with Gasteiger partial charge in [0, 0.05) is 39.3 Å². The molecule has 0 bridgehead atoms. The molecule has 26 heavy (non-hydrogen) atoms. The predicted octanol–water partition coefficient (Wildman–Crippen LogP) is 2.21. The van der Waals surface area contributed by atoms with Crippen LogP contribution in [0.25, 0.3) is 0 Å². The number of likely N-dealkylation sites (tertiary alicyclic amines) is 1. The molecule has 2 aromatic heterocycles. The lowest BCUT2D eigenvalue weighted by Gasteiger charge is -2.33. The molecule has 2 fully saturated rings. The Bertz CT molecular complexity index is 698. The molecule has 0 atom stereocenters. The van der Waals surface area contributed by atoms with Crippen LogP contribution in [0, 0.1) is 0 Å². The van der Waals surface area contributed by atoms with Crippen LogP contribution in [0.2, 0.25) is 0 Å². The summed E-state index contributed by atoms with van der Waals surface area (Å²) in [5, 5.41) is 0. The van der Waals surface area contributed by atoms with E-state index in [1.54, 1.807) is 6.26 Å². The van der Waals surface area contributed by atoms with Crippen molar-refractivity contribution in [1.82, 2.24) is 19.7 Å². The van der Waals surface area contributed by atoms with Gasteiger partial charge in [-0.2, -0.15) is 0 Å². The van der Waals surface area contributed by atoms with Gasteiger partial charge in [0.25, 0.3) is 5.91 Å². The molecule has 2 saturated heterocycles. The zero-order valence-corrected chi connectivity index (χ0v) is 15.1. The van der Waals surface area contributed by atoms with E-state index in [1.807, 2.05) is 17.0 Å². The first kappa shape index (κ1) is 17.3. The van der Waals surface area contributed by atoms with Crippen LogP contribution in [0.5, 0.6) is 0 Å². The molecule has 140 valence electrons. The van der Waals surface area contributed by atoms with Crippen LogP contribution in [0.3, 0.4) is 0 Å². The molecular weight excluding hydrogens is 332 g/mol. The Kier molecular flexibility index (Phi) is 5.36. The number of furan rings is 1. The predicted molar refractivity (Wildman–Crippen MR) is 95.5 cm³/mol. The van der Waals surface area contributed by atoms with Gasteiger partial charge in [0.15, 0.2) is 5.69 Å². The molecular formula is C19H26N4O3. The van der Waals surface area contributed by atoms with Crippen molar-refractivity contribution in [3.8, 4) is 0 Å². The molecule has 2 aliphatic heterocycles. The van der Waals surface area contributed by atoms with Crippen LogP contribution in [0.4, 0.5) is 0 Å². The Morgan fingerprint density at radius 1 is 0.962 bits per heavy atom. The Morgan fingerprint density at radius 3 is 2.38 bits per heavy atom. The number of nitrogens with zero attached hydrogens (tertiary/aromatic N) is 4. The zero-order valence-electron chi connectivity index (χ0n) is 15.1. The minimum Gasteiger partial charge on any atom is -0.468 e. The van der Waals surface area contributed by atoms with E-state index in [0.29, 0.717) is 18.1 Å². The third-order valence-electron chi connectivity index (χ3n) is 5.20. The zero-order chi connectivity index (χ0) is 17.8. The quantitative estimate of drug-likeness (QED) is 0.816. The van der Waals surface area contributed by atoms with Gasteiger partial charge in [0.05, 0.1) is 19.4 Å². The van der Waals surface area contributed by atoms with Crippen LogP contribution in [0.15, 0.2) is 33.5 Å². The van der Waals surface area contributed by atoms with E-state index in [-0.39, 0.29) is 5.91 Å². The summed E-state index contributed by atoms with van der Waals surface area (Å²) in [6, 6.07) is 3.94. The highest BCUT2D eigenvalue weighted by molar-refractivity contribution is 5.92. The number of hydrogen-bond acceptors (Lipinski definition) is 6. The molecule has 4 rings (SSSR count). The van der Waals surface area contributed by atoms with Crippen LogP contribution in [-0.4, -0.2) is 64.9 Å². The number of hydrogen-bond donors (Lipinski definition) is 0. The topological polar surface area (TPSA) is 66.0 Å². The lowest BCUT2D eigenvalue weighted by molar-refractivity contribution is 0.0718. The number of carbonyl (C=O) groups is 1. The Hall–Kier alpha value is -2.12. The highest BCUT2D eigenvalue weighted by atomic mass is 16.3. The second-order valence-corrected chi connectivity index (χ2v) is 7.11. The molecule has 2 aromatic rings. The molecule has 7 nitrogen and oxygen atoms in total. The summed E-state index contributed by atoms with van der Waals surface area (Å²) in [4.78, 5) is 23.5. The van der Waals surface area contributed by atoms with Crippen molar-refractivity contribution in [2.45, 2.75) is 32.4 Å². The number of aromatic nitrogens is 1. The summed E-state index contributed by atoms with van der Waals surface area (Å²) in [5.74, 6) is 1.64. The molecule has 4 heterocycles. The summed E-state index contributed by atoms with van der Waals surface area (Å²) in [6.07, 6.45) is 6.60. The number of carbonyl (C=O) groups excluding carboxylic acids is 1.